The van der Waals surface area contributed by atoms with Crippen molar-refractivity contribution in [3.05, 3.63) is 11.8 Å². The van der Waals surface area contributed by atoms with Gasteiger partial charge in [-0.05, 0) is 26.2 Å². The molecule has 1 saturated carbocycles. The summed E-state index contributed by atoms with van der Waals surface area (Å²) in [6, 6.07) is 2.18. The Kier molecular flexibility index (Phi) is 4.58. The lowest BCUT2D eigenvalue weighted by Gasteiger charge is -2.22. The van der Waals surface area contributed by atoms with Crippen LogP contribution < -0.4 is 15.2 Å². The number of aromatic nitrogens is 2. The van der Waals surface area contributed by atoms with Crippen LogP contribution in [0.1, 0.15) is 44.7 Å². The molecular formula is C14H23N3O2. The lowest BCUT2D eigenvalue weighted by Crippen LogP contribution is -2.42. The van der Waals surface area contributed by atoms with Crippen LogP contribution in [0.25, 0.3) is 0 Å². The number of ether oxygens (including phenoxy) is 2. The third kappa shape index (κ3) is 4.06. The van der Waals surface area contributed by atoms with E-state index in [0.717, 1.165) is 25.0 Å². The van der Waals surface area contributed by atoms with Crippen molar-refractivity contribution in [1.29, 1.82) is 0 Å². The van der Waals surface area contributed by atoms with E-state index in [1.54, 1.807) is 0 Å². The van der Waals surface area contributed by atoms with Crippen molar-refractivity contribution in [3.63, 3.8) is 0 Å². The molecule has 0 aliphatic heterocycles. The summed E-state index contributed by atoms with van der Waals surface area (Å²) in [5, 5.41) is 0. The summed E-state index contributed by atoms with van der Waals surface area (Å²) in [6.07, 6.45) is 5.33. The van der Waals surface area contributed by atoms with Crippen molar-refractivity contribution in [1.82, 2.24) is 9.97 Å². The van der Waals surface area contributed by atoms with Crippen molar-refractivity contribution in [2.75, 3.05) is 13.2 Å². The standard InChI is InChI=1S/C14H23N3O2/c1-3-8-18-12-9-11(2)16-13(17-12)19-10-14(15)6-4-5-7-14/h9H,3-8,10,15H2,1-2H3. The van der Waals surface area contributed by atoms with Crippen LogP contribution in [0.3, 0.4) is 0 Å². The van der Waals surface area contributed by atoms with E-state index in [9.17, 15) is 0 Å². The Morgan fingerprint density at radius 3 is 2.68 bits per heavy atom. The molecular weight excluding hydrogens is 242 g/mol. The maximum Gasteiger partial charge on any atom is 0.319 e. The number of rotatable bonds is 6. The summed E-state index contributed by atoms with van der Waals surface area (Å²) >= 11 is 0. The fraction of sp³-hybridized carbons (Fsp3) is 0.714. The molecule has 106 valence electrons. The summed E-state index contributed by atoms with van der Waals surface area (Å²) in [6.45, 7) is 5.09. The lowest BCUT2D eigenvalue weighted by molar-refractivity contribution is 0.201. The number of nitrogens with zero attached hydrogens (tertiary/aromatic N) is 2. The van der Waals surface area contributed by atoms with Gasteiger partial charge in [0.2, 0.25) is 5.88 Å². The van der Waals surface area contributed by atoms with Gasteiger partial charge in [-0.3, -0.25) is 0 Å². The van der Waals surface area contributed by atoms with Crippen LogP contribution in [0, 0.1) is 6.92 Å². The minimum absolute atomic E-state index is 0.211. The molecule has 1 heterocycles. The second kappa shape index (κ2) is 6.19. The van der Waals surface area contributed by atoms with Crippen molar-refractivity contribution in [2.45, 2.75) is 51.5 Å². The summed E-state index contributed by atoms with van der Waals surface area (Å²) in [5.41, 5.74) is 6.88. The molecule has 0 spiro atoms. The van der Waals surface area contributed by atoms with E-state index in [2.05, 4.69) is 16.9 Å². The largest absolute Gasteiger partial charge is 0.478 e. The first-order chi connectivity index (χ1) is 9.11. The van der Waals surface area contributed by atoms with E-state index in [1.165, 1.54) is 12.8 Å². The fourth-order valence-electron chi connectivity index (χ4n) is 2.29. The average Bonchev–Trinajstić information content (AvgIpc) is 2.81. The van der Waals surface area contributed by atoms with E-state index in [-0.39, 0.29) is 5.54 Å². The van der Waals surface area contributed by atoms with Gasteiger partial charge in [-0.15, -0.1) is 0 Å². The van der Waals surface area contributed by atoms with Crippen LogP contribution >= 0.6 is 0 Å². The SMILES string of the molecule is CCCOc1cc(C)nc(OCC2(N)CCCC2)n1. The fourth-order valence-corrected chi connectivity index (χ4v) is 2.29. The molecule has 2 N–H and O–H groups in total. The zero-order valence-electron chi connectivity index (χ0n) is 11.8. The van der Waals surface area contributed by atoms with Crippen molar-refractivity contribution < 1.29 is 9.47 Å². The monoisotopic (exact) mass is 265 g/mol. The zero-order valence-corrected chi connectivity index (χ0v) is 11.8. The highest BCUT2D eigenvalue weighted by atomic mass is 16.5. The lowest BCUT2D eigenvalue weighted by atomic mass is 10.0. The van der Waals surface area contributed by atoms with Crippen molar-refractivity contribution in [3.8, 4) is 11.9 Å². The first-order valence-corrected chi connectivity index (χ1v) is 7.01. The molecule has 1 aromatic heterocycles. The Balaban J connectivity index is 1.97. The summed E-state index contributed by atoms with van der Waals surface area (Å²) in [4.78, 5) is 8.52. The number of hydrogen-bond acceptors (Lipinski definition) is 5. The van der Waals surface area contributed by atoms with Crippen LogP contribution in [0.4, 0.5) is 0 Å². The van der Waals surface area contributed by atoms with Gasteiger partial charge in [-0.2, -0.15) is 4.98 Å². The summed E-state index contributed by atoms with van der Waals surface area (Å²) in [5.74, 6) is 0.571. The third-order valence-corrected chi connectivity index (χ3v) is 3.35. The number of aryl methyl sites for hydroxylation is 1. The molecule has 1 aromatic rings. The first-order valence-electron chi connectivity index (χ1n) is 7.01. The molecule has 0 radical (unpaired) electrons. The van der Waals surface area contributed by atoms with Gasteiger partial charge in [0.05, 0.1) is 12.1 Å². The molecule has 1 fully saturated rings. The summed E-state index contributed by atoms with van der Waals surface area (Å²) in [7, 11) is 0. The number of hydrogen-bond donors (Lipinski definition) is 1. The zero-order chi connectivity index (χ0) is 13.7. The average molecular weight is 265 g/mol. The Morgan fingerprint density at radius 1 is 1.26 bits per heavy atom. The summed E-state index contributed by atoms with van der Waals surface area (Å²) < 4.78 is 11.2. The normalized spacial score (nSPS) is 17.4. The molecule has 0 atom stereocenters. The Hall–Kier alpha value is -1.36. The number of nitrogens with two attached hydrogens (primary N) is 1. The highest BCUT2D eigenvalue weighted by Crippen LogP contribution is 2.27. The molecule has 5 heteroatoms. The molecule has 19 heavy (non-hydrogen) atoms. The third-order valence-electron chi connectivity index (χ3n) is 3.35. The predicted octanol–water partition coefficient (Wildman–Crippen LogP) is 2.22. The molecule has 0 bridgehead atoms. The van der Waals surface area contributed by atoms with Crippen LogP contribution in [-0.2, 0) is 0 Å². The van der Waals surface area contributed by atoms with Crippen molar-refractivity contribution in [2.24, 2.45) is 5.73 Å². The highest BCUT2D eigenvalue weighted by molar-refractivity contribution is 5.17. The first kappa shape index (κ1) is 14.1. The molecule has 2 rings (SSSR count). The Labute approximate surface area is 114 Å². The minimum Gasteiger partial charge on any atom is -0.478 e. The second-order valence-corrected chi connectivity index (χ2v) is 5.34. The second-order valence-electron chi connectivity index (χ2n) is 5.34. The van der Waals surface area contributed by atoms with E-state index in [0.29, 0.717) is 25.1 Å². The molecule has 5 nitrogen and oxygen atoms in total. The van der Waals surface area contributed by atoms with E-state index >= 15 is 0 Å². The van der Waals surface area contributed by atoms with Crippen molar-refractivity contribution >= 4 is 0 Å². The van der Waals surface area contributed by atoms with Gasteiger partial charge >= 0.3 is 6.01 Å². The van der Waals surface area contributed by atoms with Gasteiger partial charge in [-0.1, -0.05) is 19.8 Å². The predicted molar refractivity (Wildman–Crippen MR) is 73.4 cm³/mol. The Bertz CT molecular complexity index is 417. The molecule has 0 amide bonds. The van der Waals surface area contributed by atoms with Crippen LogP contribution in [0.2, 0.25) is 0 Å². The highest BCUT2D eigenvalue weighted by Gasteiger charge is 2.30. The van der Waals surface area contributed by atoms with Crippen LogP contribution in [0.5, 0.6) is 11.9 Å². The van der Waals surface area contributed by atoms with Gasteiger partial charge in [0.1, 0.15) is 6.61 Å². The van der Waals surface area contributed by atoms with Gasteiger partial charge in [0, 0.05) is 11.8 Å². The van der Waals surface area contributed by atoms with Crippen LogP contribution in [0.15, 0.2) is 6.07 Å². The maximum atomic E-state index is 6.25. The molecule has 0 aromatic carbocycles. The quantitative estimate of drug-likeness (QED) is 0.854. The molecule has 0 unspecified atom stereocenters. The van der Waals surface area contributed by atoms with E-state index in [4.69, 9.17) is 15.2 Å². The van der Waals surface area contributed by atoms with E-state index < -0.39 is 0 Å². The van der Waals surface area contributed by atoms with Gasteiger partial charge < -0.3 is 15.2 Å². The molecule has 1 aliphatic carbocycles. The van der Waals surface area contributed by atoms with Gasteiger partial charge in [0.15, 0.2) is 0 Å². The molecule has 1 aliphatic rings. The topological polar surface area (TPSA) is 70.3 Å². The minimum atomic E-state index is -0.211. The van der Waals surface area contributed by atoms with Gasteiger partial charge in [-0.25, -0.2) is 4.98 Å². The Morgan fingerprint density at radius 2 is 2.00 bits per heavy atom. The van der Waals surface area contributed by atoms with Crippen LogP contribution in [-0.4, -0.2) is 28.7 Å². The van der Waals surface area contributed by atoms with Gasteiger partial charge in [0.25, 0.3) is 0 Å². The maximum absolute atomic E-state index is 6.25. The molecule has 0 saturated heterocycles. The van der Waals surface area contributed by atoms with E-state index in [1.807, 2.05) is 13.0 Å². The smallest absolute Gasteiger partial charge is 0.319 e.